The molecule has 6 heteroatoms. The van der Waals surface area contributed by atoms with Gasteiger partial charge in [-0.2, -0.15) is 0 Å². The van der Waals surface area contributed by atoms with E-state index in [1.807, 2.05) is 0 Å². The molecule has 116 valence electrons. The van der Waals surface area contributed by atoms with Gasteiger partial charge in [-0.15, -0.1) is 0 Å². The standard InChI is InChI=1S/C14H27N3O2S/c1-20(18,19)16-13-2-5-14(6-3-13)10-17(11-14)9-12-4-7-15-8-12/h12-13,15-16H,2-11H2,1H3/t12-/m0/s1. The highest BCUT2D eigenvalue weighted by Crippen LogP contribution is 2.44. The summed E-state index contributed by atoms with van der Waals surface area (Å²) in [5.41, 5.74) is 0.502. The summed E-state index contributed by atoms with van der Waals surface area (Å²) in [5, 5.41) is 3.43. The lowest BCUT2D eigenvalue weighted by Crippen LogP contribution is -2.59. The Morgan fingerprint density at radius 1 is 1.25 bits per heavy atom. The lowest BCUT2D eigenvalue weighted by Gasteiger charge is -2.54. The molecule has 0 aromatic carbocycles. The van der Waals surface area contributed by atoms with E-state index >= 15 is 0 Å². The third kappa shape index (κ3) is 3.53. The van der Waals surface area contributed by atoms with Crippen molar-refractivity contribution in [3.8, 4) is 0 Å². The molecule has 0 radical (unpaired) electrons. The lowest BCUT2D eigenvalue weighted by atomic mass is 9.67. The first-order chi connectivity index (χ1) is 9.44. The Bertz CT molecular complexity index is 429. The number of likely N-dealkylation sites (tertiary alicyclic amines) is 1. The van der Waals surface area contributed by atoms with E-state index in [9.17, 15) is 8.42 Å². The van der Waals surface area contributed by atoms with E-state index in [1.54, 1.807) is 0 Å². The van der Waals surface area contributed by atoms with Gasteiger partial charge in [-0.05, 0) is 56.5 Å². The Morgan fingerprint density at radius 3 is 2.50 bits per heavy atom. The van der Waals surface area contributed by atoms with Crippen LogP contribution in [0.1, 0.15) is 32.1 Å². The number of rotatable bonds is 4. The van der Waals surface area contributed by atoms with Crippen LogP contribution in [0.3, 0.4) is 0 Å². The summed E-state index contributed by atoms with van der Waals surface area (Å²) in [6, 6.07) is 0.170. The summed E-state index contributed by atoms with van der Waals surface area (Å²) in [7, 11) is -3.04. The van der Waals surface area contributed by atoms with Crippen LogP contribution in [0.25, 0.3) is 0 Å². The first kappa shape index (κ1) is 14.8. The van der Waals surface area contributed by atoms with E-state index in [4.69, 9.17) is 0 Å². The van der Waals surface area contributed by atoms with Gasteiger partial charge in [-0.1, -0.05) is 0 Å². The van der Waals surface area contributed by atoms with Crippen LogP contribution < -0.4 is 10.0 Å². The molecule has 20 heavy (non-hydrogen) atoms. The maximum Gasteiger partial charge on any atom is 0.208 e. The average molecular weight is 301 g/mol. The average Bonchev–Trinajstić information content (AvgIpc) is 2.80. The molecule has 0 aromatic rings. The van der Waals surface area contributed by atoms with Crippen molar-refractivity contribution in [2.45, 2.75) is 38.1 Å². The Morgan fingerprint density at radius 2 is 1.95 bits per heavy atom. The molecule has 3 rings (SSSR count). The van der Waals surface area contributed by atoms with Crippen molar-refractivity contribution in [1.82, 2.24) is 14.9 Å². The fraction of sp³-hybridized carbons (Fsp3) is 1.00. The predicted molar refractivity (Wildman–Crippen MR) is 80.1 cm³/mol. The fourth-order valence-electron chi connectivity index (χ4n) is 4.23. The van der Waals surface area contributed by atoms with E-state index in [-0.39, 0.29) is 6.04 Å². The molecule has 2 heterocycles. The second kappa shape index (κ2) is 5.55. The third-order valence-corrected chi connectivity index (χ3v) is 5.99. The van der Waals surface area contributed by atoms with Gasteiger partial charge in [0.25, 0.3) is 0 Å². The summed E-state index contributed by atoms with van der Waals surface area (Å²) in [4.78, 5) is 2.60. The Kier molecular flexibility index (Phi) is 4.10. The third-order valence-electron chi connectivity index (χ3n) is 5.22. The molecule has 2 saturated heterocycles. The molecule has 2 N–H and O–H groups in total. The molecule has 5 nitrogen and oxygen atoms in total. The van der Waals surface area contributed by atoms with Crippen LogP contribution in [0.5, 0.6) is 0 Å². The van der Waals surface area contributed by atoms with E-state index in [2.05, 4.69) is 14.9 Å². The highest BCUT2D eigenvalue weighted by molar-refractivity contribution is 7.88. The minimum absolute atomic E-state index is 0.170. The van der Waals surface area contributed by atoms with E-state index in [1.165, 1.54) is 58.2 Å². The first-order valence-electron chi connectivity index (χ1n) is 7.85. The van der Waals surface area contributed by atoms with Crippen LogP contribution >= 0.6 is 0 Å². The zero-order valence-corrected chi connectivity index (χ0v) is 13.2. The normalized spacial score (nSPS) is 31.6. The van der Waals surface area contributed by atoms with E-state index < -0.39 is 10.0 Å². The van der Waals surface area contributed by atoms with Crippen LogP contribution in [-0.2, 0) is 10.0 Å². The van der Waals surface area contributed by atoms with Crippen LogP contribution in [0.15, 0.2) is 0 Å². The maximum atomic E-state index is 11.3. The Hall–Kier alpha value is -0.170. The quantitative estimate of drug-likeness (QED) is 0.788. The second-order valence-electron chi connectivity index (χ2n) is 7.19. The maximum absolute atomic E-state index is 11.3. The first-order valence-corrected chi connectivity index (χ1v) is 9.74. The summed E-state index contributed by atoms with van der Waals surface area (Å²) in [5.74, 6) is 0.843. The molecule has 2 aliphatic heterocycles. The van der Waals surface area contributed by atoms with Crippen molar-refractivity contribution in [3.05, 3.63) is 0 Å². The SMILES string of the molecule is CS(=O)(=O)NC1CCC2(CC1)CN(C[C@H]1CCNC1)C2. The minimum Gasteiger partial charge on any atom is -0.316 e. The molecule has 0 unspecified atom stereocenters. The van der Waals surface area contributed by atoms with Gasteiger partial charge in [0, 0.05) is 25.7 Å². The van der Waals surface area contributed by atoms with E-state index in [0.717, 1.165) is 18.8 Å². The Balaban J connectivity index is 1.41. The van der Waals surface area contributed by atoms with Gasteiger partial charge < -0.3 is 10.2 Å². The highest BCUT2D eigenvalue weighted by atomic mass is 32.2. The molecule has 1 atom stereocenters. The molecule has 3 aliphatic rings. The smallest absolute Gasteiger partial charge is 0.208 e. The van der Waals surface area contributed by atoms with Gasteiger partial charge >= 0.3 is 0 Å². The van der Waals surface area contributed by atoms with Crippen molar-refractivity contribution < 1.29 is 8.42 Å². The van der Waals surface area contributed by atoms with Gasteiger partial charge in [-0.3, -0.25) is 0 Å². The zero-order chi connectivity index (χ0) is 14.2. The molecule has 1 aliphatic carbocycles. The molecular formula is C14H27N3O2S. The van der Waals surface area contributed by atoms with Crippen molar-refractivity contribution in [3.63, 3.8) is 0 Å². The number of nitrogens with zero attached hydrogens (tertiary/aromatic N) is 1. The number of sulfonamides is 1. The molecule has 0 bridgehead atoms. The van der Waals surface area contributed by atoms with Crippen LogP contribution in [0.4, 0.5) is 0 Å². The van der Waals surface area contributed by atoms with Gasteiger partial charge in [-0.25, -0.2) is 13.1 Å². The molecule has 1 spiro atoms. The zero-order valence-electron chi connectivity index (χ0n) is 12.4. The van der Waals surface area contributed by atoms with Crippen molar-refractivity contribution in [1.29, 1.82) is 0 Å². The van der Waals surface area contributed by atoms with Crippen LogP contribution in [-0.4, -0.2) is 58.3 Å². The van der Waals surface area contributed by atoms with Crippen molar-refractivity contribution >= 4 is 10.0 Å². The van der Waals surface area contributed by atoms with Crippen LogP contribution in [0, 0.1) is 11.3 Å². The summed E-state index contributed by atoms with van der Waals surface area (Å²) in [6.45, 7) is 6.08. The van der Waals surface area contributed by atoms with Gasteiger partial charge in [0.15, 0.2) is 0 Å². The van der Waals surface area contributed by atoms with Crippen LogP contribution in [0.2, 0.25) is 0 Å². The molecular weight excluding hydrogens is 274 g/mol. The predicted octanol–water partition coefficient (Wildman–Crippen LogP) is 0.390. The second-order valence-corrected chi connectivity index (χ2v) is 8.97. The molecule has 0 aromatic heterocycles. The summed E-state index contributed by atoms with van der Waals surface area (Å²) >= 11 is 0. The molecule has 3 fully saturated rings. The van der Waals surface area contributed by atoms with Gasteiger partial charge in [0.05, 0.1) is 6.26 Å². The molecule has 1 saturated carbocycles. The number of nitrogens with one attached hydrogen (secondary N) is 2. The lowest BCUT2D eigenvalue weighted by molar-refractivity contribution is -0.0387. The minimum atomic E-state index is -3.04. The largest absolute Gasteiger partial charge is 0.316 e. The summed E-state index contributed by atoms with van der Waals surface area (Å²) < 4.78 is 25.3. The highest BCUT2D eigenvalue weighted by Gasteiger charge is 2.45. The van der Waals surface area contributed by atoms with Crippen molar-refractivity contribution in [2.24, 2.45) is 11.3 Å². The molecule has 0 amide bonds. The monoisotopic (exact) mass is 301 g/mol. The summed E-state index contributed by atoms with van der Waals surface area (Å²) in [6.07, 6.45) is 6.96. The van der Waals surface area contributed by atoms with E-state index in [0.29, 0.717) is 5.41 Å². The van der Waals surface area contributed by atoms with Crippen molar-refractivity contribution in [2.75, 3.05) is 39.0 Å². The fourth-order valence-corrected chi connectivity index (χ4v) is 5.08. The number of hydrogen-bond acceptors (Lipinski definition) is 4. The van der Waals surface area contributed by atoms with Gasteiger partial charge in [0.1, 0.15) is 0 Å². The topological polar surface area (TPSA) is 61.4 Å². The van der Waals surface area contributed by atoms with Gasteiger partial charge in [0.2, 0.25) is 10.0 Å². The number of hydrogen-bond donors (Lipinski definition) is 2. The Labute approximate surface area is 122 Å².